The molecule has 0 radical (unpaired) electrons. The molecule has 0 aliphatic carbocycles. The molecule has 20 heavy (non-hydrogen) atoms. The van der Waals surface area contributed by atoms with Gasteiger partial charge in [0.15, 0.2) is 11.6 Å². The normalized spacial score (nSPS) is 10.6. The molecule has 0 bridgehead atoms. The summed E-state index contributed by atoms with van der Waals surface area (Å²) in [6.45, 7) is 0.820. The van der Waals surface area contributed by atoms with Gasteiger partial charge in [0.2, 0.25) is 0 Å². The lowest BCUT2D eigenvalue weighted by atomic mass is 10.2. The Kier molecular flexibility index (Phi) is 4.41. The van der Waals surface area contributed by atoms with Gasteiger partial charge in [0.25, 0.3) is 5.56 Å². The van der Waals surface area contributed by atoms with E-state index in [4.69, 9.17) is 5.73 Å². The molecule has 3 N–H and O–H groups in total. The lowest BCUT2D eigenvalue weighted by molar-refractivity contribution is 0.489. The van der Waals surface area contributed by atoms with E-state index in [1.54, 1.807) is 0 Å². The van der Waals surface area contributed by atoms with Crippen molar-refractivity contribution in [1.29, 1.82) is 0 Å². The minimum atomic E-state index is -0.966. The Labute approximate surface area is 114 Å². The fourth-order valence-electron chi connectivity index (χ4n) is 1.70. The van der Waals surface area contributed by atoms with Crippen LogP contribution in [0.5, 0.6) is 0 Å². The topological polar surface area (TPSA) is 72.9 Å². The molecule has 5 nitrogen and oxygen atoms in total. The van der Waals surface area contributed by atoms with Crippen molar-refractivity contribution in [3.05, 3.63) is 58.0 Å². The Balaban J connectivity index is 2.22. The molecule has 106 valence electrons. The Morgan fingerprint density at radius 2 is 2.15 bits per heavy atom. The molecule has 0 unspecified atom stereocenters. The maximum Gasteiger partial charge on any atom is 0.269 e. The summed E-state index contributed by atoms with van der Waals surface area (Å²) >= 11 is 0. The van der Waals surface area contributed by atoms with Crippen molar-refractivity contribution in [3.63, 3.8) is 0 Å². The second kappa shape index (κ2) is 6.25. The molecule has 0 fully saturated rings. The largest absolute Gasteiger partial charge is 0.382 e. The van der Waals surface area contributed by atoms with Crippen molar-refractivity contribution in [2.75, 3.05) is 18.4 Å². The highest BCUT2D eigenvalue weighted by Crippen LogP contribution is 2.12. The van der Waals surface area contributed by atoms with Crippen molar-refractivity contribution < 1.29 is 8.78 Å². The van der Waals surface area contributed by atoms with Gasteiger partial charge in [-0.25, -0.2) is 13.5 Å². The number of rotatable bonds is 5. The van der Waals surface area contributed by atoms with Crippen LogP contribution in [0.2, 0.25) is 0 Å². The number of benzene rings is 1. The lowest BCUT2D eigenvalue weighted by Crippen LogP contribution is -2.24. The molecule has 2 rings (SSSR count). The van der Waals surface area contributed by atoms with Gasteiger partial charge in [-0.3, -0.25) is 4.79 Å². The summed E-state index contributed by atoms with van der Waals surface area (Å²) < 4.78 is 27.7. The van der Waals surface area contributed by atoms with Gasteiger partial charge in [-0.2, -0.15) is 5.10 Å². The zero-order chi connectivity index (χ0) is 14.5. The third kappa shape index (κ3) is 3.18. The van der Waals surface area contributed by atoms with Crippen molar-refractivity contribution in [3.8, 4) is 0 Å². The molecule has 0 aliphatic heterocycles. The van der Waals surface area contributed by atoms with Gasteiger partial charge < -0.3 is 11.1 Å². The first kappa shape index (κ1) is 14.1. The zero-order valence-corrected chi connectivity index (χ0v) is 10.6. The van der Waals surface area contributed by atoms with E-state index in [2.05, 4.69) is 10.4 Å². The van der Waals surface area contributed by atoms with Crippen molar-refractivity contribution in [1.82, 2.24) is 9.78 Å². The lowest BCUT2D eigenvalue weighted by Gasteiger charge is -2.08. The average Bonchev–Trinajstić information content (AvgIpc) is 2.44. The van der Waals surface area contributed by atoms with Crippen LogP contribution in [0.25, 0.3) is 0 Å². The smallest absolute Gasteiger partial charge is 0.269 e. The van der Waals surface area contributed by atoms with Gasteiger partial charge >= 0.3 is 0 Å². The number of aromatic nitrogens is 2. The highest BCUT2D eigenvalue weighted by atomic mass is 19.2. The molecule has 1 aromatic carbocycles. The molecule has 0 aliphatic rings. The molecular weight excluding hydrogens is 266 g/mol. The van der Waals surface area contributed by atoms with Crippen LogP contribution < -0.4 is 16.6 Å². The van der Waals surface area contributed by atoms with Crippen molar-refractivity contribution in [2.45, 2.75) is 6.54 Å². The molecular formula is C13H14F2N4O. The number of hydrogen-bond donors (Lipinski definition) is 2. The SMILES string of the molecule is NCCNc1cnn(Cc2cccc(F)c2F)c(=O)c1. The summed E-state index contributed by atoms with van der Waals surface area (Å²) in [6, 6.07) is 5.15. The Hall–Kier alpha value is -2.28. The predicted octanol–water partition coefficient (Wildman–Crippen LogP) is 0.940. The predicted molar refractivity (Wildman–Crippen MR) is 71.5 cm³/mol. The van der Waals surface area contributed by atoms with Crippen LogP contribution >= 0.6 is 0 Å². The molecule has 1 aromatic heterocycles. The van der Waals surface area contributed by atoms with E-state index in [0.29, 0.717) is 18.8 Å². The number of nitrogens with two attached hydrogens (primary N) is 1. The van der Waals surface area contributed by atoms with E-state index in [1.807, 2.05) is 0 Å². The van der Waals surface area contributed by atoms with Crippen molar-refractivity contribution >= 4 is 5.69 Å². The van der Waals surface area contributed by atoms with Crippen molar-refractivity contribution in [2.24, 2.45) is 5.73 Å². The highest BCUT2D eigenvalue weighted by Gasteiger charge is 2.09. The van der Waals surface area contributed by atoms with Gasteiger partial charge in [0.05, 0.1) is 18.4 Å². The third-order valence-corrected chi connectivity index (χ3v) is 2.69. The quantitative estimate of drug-likeness (QED) is 0.855. The first-order chi connectivity index (χ1) is 9.61. The molecule has 0 saturated heterocycles. The summed E-state index contributed by atoms with van der Waals surface area (Å²) in [6.07, 6.45) is 1.44. The first-order valence-corrected chi connectivity index (χ1v) is 6.06. The minimum absolute atomic E-state index is 0.0715. The minimum Gasteiger partial charge on any atom is -0.382 e. The molecule has 0 spiro atoms. The molecule has 7 heteroatoms. The molecule has 0 amide bonds. The van der Waals surface area contributed by atoms with Crippen LogP contribution in [0.15, 0.2) is 35.3 Å². The Morgan fingerprint density at radius 3 is 2.85 bits per heavy atom. The maximum atomic E-state index is 13.5. The van der Waals surface area contributed by atoms with E-state index in [-0.39, 0.29) is 12.1 Å². The van der Waals surface area contributed by atoms with Gasteiger partial charge in [-0.15, -0.1) is 0 Å². The van der Waals surface area contributed by atoms with Gasteiger partial charge in [-0.05, 0) is 6.07 Å². The van der Waals surface area contributed by atoms with E-state index in [9.17, 15) is 13.6 Å². The van der Waals surface area contributed by atoms with Crippen LogP contribution in [-0.4, -0.2) is 22.9 Å². The fraction of sp³-hybridized carbons (Fsp3) is 0.231. The van der Waals surface area contributed by atoms with Crippen LogP contribution in [-0.2, 0) is 6.54 Å². The second-order valence-electron chi connectivity index (χ2n) is 4.17. The molecule has 2 aromatic rings. The maximum absolute atomic E-state index is 13.5. The summed E-state index contributed by atoms with van der Waals surface area (Å²) in [5.41, 5.74) is 5.54. The van der Waals surface area contributed by atoms with Crippen LogP contribution in [0.3, 0.4) is 0 Å². The van der Waals surface area contributed by atoms with Crippen LogP contribution in [0, 0.1) is 11.6 Å². The first-order valence-electron chi connectivity index (χ1n) is 6.06. The molecule has 0 saturated carbocycles. The summed E-state index contributed by atoms with van der Waals surface area (Å²) in [5, 5.41) is 6.82. The van der Waals surface area contributed by atoms with Crippen LogP contribution in [0.4, 0.5) is 14.5 Å². The van der Waals surface area contributed by atoms with Gasteiger partial charge in [0, 0.05) is 24.7 Å². The van der Waals surface area contributed by atoms with Crippen LogP contribution in [0.1, 0.15) is 5.56 Å². The van der Waals surface area contributed by atoms with E-state index in [0.717, 1.165) is 10.7 Å². The zero-order valence-electron chi connectivity index (χ0n) is 10.6. The Morgan fingerprint density at radius 1 is 1.35 bits per heavy atom. The third-order valence-electron chi connectivity index (χ3n) is 2.69. The number of anilines is 1. The Bertz CT molecular complexity index is 657. The average molecular weight is 280 g/mol. The number of nitrogens with one attached hydrogen (secondary N) is 1. The van der Waals surface area contributed by atoms with E-state index in [1.165, 1.54) is 24.4 Å². The second-order valence-corrected chi connectivity index (χ2v) is 4.17. The van der Waals surface area contributed by atoms with E-state index < -0.39 is 17.2 Å². The van der Waals surface area contributed by atoms with Gasteiger partial charge in [-0.1, -0.05) is 12.1 Å². The summed E-state index contributed by atoms with van der Waals surface area (Å²) in [7, 11) is 0. The summed E-state index contributed by atoms with van der Waals surface area (Å²) in [5.74, 6) is -1.91. The molecule has 1 heterocycles. The number of halogens is 2. The fourth-order valence-corrected chi connectivity index (χ4v) is 1.70. The number of hydrogen-bond acceptors (Lipinski definition) is 4. The summed E-state index contributed by atoms with van der Waals surface area (Å²) in [4.78, 5) is 11.8. The molecule has 0 atom stereocenters. The standard InChI is InChI=1S/C13H14F2N4O/c14-11-3-1-2-9(13(11)15)8-19-12(20)6-10(7-18-19)17-5-4-16/h1-3,6-7,17H,4-5,8,16H2. The highest BCUT2D eigenvalue weighted by molar-refractivity contribution is 5.38. The van der Waals surface area contributed by atoms with Gasteiger partial charge in [0.1, 0.15) is 0 Å². The van der Waals surface area contributed by atoms with E-state index >= 15 is 0 Å². The number of nitrogens with zero attached hydrogens (tertiary/aromatic N) is 2. The monoisotopic (exact) mass is 280 g/mol.